The fraction of sp³-hybridized carbons (Fsp3) is 0.257. The highest BCUT2D eigenvalue weighted by Crippen LogP contribution is 2.30. The van der Waals surface area contributed by atoms with Crippen LogP contribution in [0.3, 0.4) is 0 Å². The predicted octanol–water partition coefficient (Wildman–Crippen LogP) is 6.76. The number of hydrogen-bond acceptors (Lipinski definition) is 2. The van der Waals surface area contributed by atoms with Gasteiger partial charge in [0, 0.05) is 30.8 Å². The minimum absolute atomic E-state index is 0.0541. The van der Waals surface area contributed by atoms with Crippen LogP contribution >= 0.6 is 0 Å². The van der Waals surface area contributed by atoms with Crippen molar-refractivity contribution in [2.24, 2.45) is 0 Å². The normalized spacial score (nSPS) is 12.1. The van der Waals surface area contributed by atoms with Crippen molar-refractivity contribution >= 4 is 11.8 Å². The third kappa shape index (κ3) is 8.15. The first-order valence-electron chi connectivity index (χ1n) is 13.6. The fourth-order valence-corrected chi connectivity index (χ4v) is 4.88. The van der Waals surface area contributed by atoms with E-state index in [9.17, 15) is 9.59 Å². The standard InChI is InChI=1S/C35H38N2O2/c1-35(2,3)36-34(39)32(24-27-16-8-4-9-17-27)37(26-28-18-10-5-11-19-28)33(38)25-31(29-20-12-6-13-21-29)30-22-14-7-15-23-30/h4-23,31-32H,24-26H2,1-3H3,(H,36,39). The van der Waals surface area contributed by atoms with Crippen LogP contribution in [0.25, 0.3) is 0 Å². The molecule has 0 aromatic heterocycles. The van der Waals surface area contributed by atoms with Gasteiger partial charge in [0.1, 0.15) is 6.04 Å². The Balaban J connectivity index is 1.73. The van der Waals surface area contributed by atoms with E-state index in [2.05, 4.69) is 29.6 Å². The molecule has 200 valence electrons. The zero-order valence-electron chi connectivity index (χ0n) is 23.1. The third-order valence-corrected chi connectivity index (χ3v) is 6.75. The smallest absolute Gasteiger partial charge is 0.243 e. The molecule has 0 aliphatic rings. The molecule has 0 fully saturated rings. The molecular formula is C35H38N2O2. The molecule has 0 radical (unpaired) electrons. The molecule has 1 N–H and O–H groups in total. The SMILES string of the molecule is CC(C)(C)NC(=O)C(Cc1ccccc1)N(Cc1ccccc1)C(=O)CC(c1ccccc1)c1ccccc1. The van der Waals surface area contributed by atoms with E-state index in [0.29, 0.717) is 13.0 Å². The highest BCUT2D eigenvalue weighted by molar-refractivity contribution is 5.88. The second-order valence-corrected chi connectivity index (χ2v) is 11.0. The second-order valence-electron chi connectivity index (χ2n) is 11.0. The fourth-order valence-electron chi connectivity index (χ4n) is 4.88. The summed E-state index contributed by atoms with van der Waals surface area (Å²) in [7, 11) is 0. The lowest BCUT2D eigenvalue weighted by Crippen LogP contribution is -2.54. The summed E-state index contributed by atoms with van der Waals surface area (Å²) < 4.78 is 0. The van der Waals surface area contributed by atoms with E-state index < -0.39 is 11.6 Å². The average Bonchev–Trinajstić information content (AvgIpc) is 2.94. The number of nitrogens with one attached hydrogen (secondary N) is 1. The summed E-state index contributed by atoms with van der Waals surface area (Å²) in [5.74, 6) is -0.325. The van der Waals surface area contributed by atoms with Crippen LogP contribution in [0, 0.1) is 0 Å². The maximum absolute atomic E-state index is 14.4. The number of hydrogen-bond donors (Lipinski definition) is 1. The first kappa shape index (κ1) is 27.8. The highest BCUT2D eigenvalue weighted by Gasteiger charge is 2.33. The van der Waals surface area contributed by atoms with E-state index in [-0.39, 0.29) is 24.2 Å². The Labute approximate surface area is 232 Å². The van der Waals surface area contributed by atoms with E-state index in [1.807, 2.05) is 118 Å². The first-order chi connectivity index (χ1) is 18.8. The predicted molar refractivity (Wildman–Crippen MR) is 158 cm³/mol. The molecule has 0 saturated heterocycles. The van der Waals surface area contributed by atoms with Crippen molar-refractivity contribution in [3.05, 3.63) is 144 Å². The van der Waals surface area contributed by atoms with Crippen LogP contribution in [-0.2, 0) is 22.6 Å². The molecule has 0 spiro atoms. The molecule has 0 bridgehead atoms. The number of benzene rings is 4. The molecule has 4 aromatic rings. The summed E-state index contributed by atoms with van der Waals surface area (Å²) in [6, 6.07) is 39.5. The average molecular weight is 519 g/mol. The molecule has 4 aromatic carbocycles. The van der Waals surface area contributed by atoms with Crippen molar-refractivity contribution < 1.29 is 9.59 Å². The van der Waals surface area contributed by atoms with Gasteiger partial charge >= 0.3 is 0 Å². The van der Waals surface area contributed by atoms with Crippen molar-refractivity contribution in [3.63, 3.8) is 0 Å². The van der Waals surface area contributed by atoms with Gasteiger partial charge in [0.15, 0.2) is 0 Å². The molecule has 0 heterocycles. The van der Waals surface area contributed by atoms with Crippen LogP contribution in [0.5, 0.6) is 0 Å². The Morgan fingerprint density at radius 2 is 1.10 bits per heavy atom. The van der Waals surface area contributed by atoms with Crippen LogP contribution in [-0.4, -0.2) is 28.3 Å². The first-order valence-corrected chi connectivity index (χ1v) is 13.6. The van der Waals surface area contributed by atoms with Crippen molar-refractivity contribution in [2.45, 2.75) is 57.7 Å². The molecule has 0 aliphatic heterocycles. The molecule has 4 rings (SSSR count). The van der Waals surface area contributed by atoms with Gasteiger partial charge in [0.05, 0.1) is 0 Å². The lowest BCUT2D eigenvalue weighted by Gasteiger charge is -2.34. The lowest BCUT2D eigenvalue weighted by molar-refractivity contribution is -0.142. The Kier molecular flexibility index (Phi) is 9.32. The van der Waals surface area contributed by atoms with Gasteiger partial charge in [-0.15, -0.1) is 0 Å². The summed E-state index contributed by atoms with van der Waals surface area (Å²) >= 11 is 0. The summed E-state index contributed by atoms with van der Waals surface area (Å²) in [4.78, 5) is 30.0. The van der Waals surface area contributed by atoms with Gasteiger partial charge in [0.2, 0.25) is 11.8 Å². The number of amides is 2. The summed E-state index contributed by atoms with van der Waals surface area (Å²) in [5, 5.41) is 3.14. The van der Waals surface area contributed by atoms with Crippen LogP contribution in [0.4, 0.5) is 0 Å². The number of nitrogens with zero attached hydrogens (tertiary/aromatic N) is 1. The van der Waals surface area contributed by atoms with E-state index in [1.54, 1.807) is 4.90 Å². The third-order valence-electron chi connectivity index (χ3n) is 6.75. The second kappa shape index (κ2) is 13.1. The molecule has 1 atom stereocenters. The maximum Gasteiger partial charge on any atom is 0.243 e. The quantitative estimate of drug-likeness (QED) is 0.252. The zero-order chi connectivity index (χ0) is 27.7. The molecule has 4 heteroatoms. The minimum Gasteiger partial charge on any atom is -0.350 e. The Morgan fingerprint density at radius 3 is 1.56 bits per heavy atom. The van der Waals surface area contributed by atoms with Crippen LogP contribution in [0.15, 0.2) is 121 Å². The van der Waals surface area contributed by atoms with Crippen molar-refractivity contribution in [2.75, 3.05) is 0 Å². The molecule has 4 nitrogen and oxygen atoms in total. The van der Waals surface area contributed by atoms with Crippen LogP contribution < -0.4 is 5.32 Å². The van der Waals surface area contributed by atoms with Gasteiger partial charge in [-0.25, -0.2) is 0 Å². The molecule has 39 heavy (non-hydrogen) atoms. The maximum atomic E-state index is 14.4. The van der Waals surface area contributed by atoms with Gasteiger partial charge in [-0.3, -0.25) is 9.59 Å². The van der Waals surface area contributed by atoms with Gasteiger partial charge in [-0.05, 0) is 43.0 Å². The van der Waals surface area contributed by atoms with Crippen LogP contribution in [0.2, 0.25) is 0 Å². The van der Waals surface area contributed by atoms with Gasteiger partial charge in [0.25, 0.3) is 0 Å². The van der Waals surface area contributed by atoms with Crippen molar-refractivity contribution in [1.82, 2.24) is 10.2 Å². The Hall–Kier alpha value is -4.18. The van der Waals surface area contributed by atoms with Gasteiger partial charge in [-0.2, -0.15) is 0 Å². The minimum atomic E-state index is -0.661. The lowest BCUT2D eigenvalue weighted by atomic mass is 9.87. The van der Waals surface area contributed by atoms with E-state index in [1.165, 1.54) is 0 Å². The molecule has 0 aliphatic carbocycles. The van der Waals surface area contributed by atoms with Crippen LogP contribution in [0.1, 0.15) is 55.4 Å². The van der Waals surface area contributed by atoms with Crippen molar-refractivity contribution in [1.29, 1.82) is 0 Å². The van der Waals surface area contributed by atoms with Gasteiger partial charge in [-0.1, -0.05) is 121 Å². The molecule has 0 saturated carbocycles. The number of rotatable bonds is 10. The molecular weight excluding hydrogens is 480 g/mol. The van der Waals surface area contributed by atoms with E-state index in [0.717, 1.165) is 22.3 Å². The highest BCUT2D eigenvalue weighted by atomic mass is 16.2. The zero-order valence-corrected chi connectivity index (χ0v) is 23.1. The number of carbonyl (C=O) groups excluding carboxylic acids is 2. The number of carbonyl (C=O) groups is 2. The van der Waals surface area contributed by atoms with Gasteiger partial charge < -0.3 is 10.2 Å². The monoisotopic (exact) mass is 518 g/mol. The Bertz CT molecular complexity index is 1280. The topological polar surface area (TPSA) is 49.4 Å². The molecule has 2 amide bonds. The van der Waals surface area contributed by atoms with Crippen molar-refractivity contribution in [3.8, 4) is 0 Å². The Morgan fingerprint density at radius 1 is 0.667 bits per heavy atom. The summed E-state index contributed by atoms with van der Waals surface area (Å²) in [5.41, 5.74) is 3.74. The summed E-state index contributed by atoms with van der Waals surface area (Å²) in [6.07, 6.45) is 0.692. The van der Waals surface area contributed by atoms with E-state index in [4.69, 9.17) is 0 Å². The van der Waals surface area contributed by atoms with E-state index >= 15 is 0 Å². The largest absolute Gasteiger partial charge is 0.350 e. The molecule has 1 unspecified atom stereocenters. The summed E-state index contributed by atoms with van der Waals surface area (Å²) in [6.45, 7) is 6.25.